The number of carbonyl (C=O) groups is 1. The van der Waals surface area contributed by atoms with Gasteiger partial charge in [0.2, 0.25) is 0 Å². The number of carbonyl (C=O) groups excluding carboxylic acids is 1. The van der Waals surface area contributed by atoms with Gasteiger partial charge in [-0.1, -0.05) is 0 Å². The van der Waals surface area contributed by atoms with Crippen LogP contribution in [-0.2, 0) is 0 Å². The molecular formula is C14H15N3O2. The average Bonchev–Trinajstić information content (AvgIpc) is 2.30. The highest BCUT2D eigenvalue weighted by Crippen LogP contribution is 2.14. The predicted molar refractivity (Wildman–Crippen MR) is 74.5 cm³/mol. The van der Waals surface area contributed by atoms with E-state index in [0.29, 0.717) is 11.5 Å². The van der Waals surface area contributed by atoms with Crippen LogP contribution >= 0.6 is 0 Å². The number of benzene rings is 1. The molecule has 0 fully saturated rings. The standard InChI is InChI=1S/C14H15N3O2/c1-9-7-10(2)15-13(8-9)17-14(19)16-11-3-5-12(18)6-4-11/h3-8,18H,1-2H3,(H2,15,16,17,19). The number of phenolic OH excluding ortho intramolecular Hbond substituents is 1. The van der Waals surface area contributed by atoms with E-state index >= 15 is 0 Å². The summed E-state index contributed by atoms with van der Waals surface area (Å²) in [4.78, 5) is 16.0. The first-order valence-electron chi connectivity index (χ1n) is 5.85. The summed E-state index contributed by atoms with van der Waals surface area (Å²) in [5.74, 6) is 0.663. The van der Waals surface area contributed by atoms with Crippen molar-refractivity contribution in [2.24, 2.45) is 0 Å². The lowest BCUT2D eigenvalue weighted by Crippen LogP contribution is -2.20. The normalized spacial score (nSPS) is 10.0. The third kappa shape index (κ3) is 3.70. The van der Waals surface area contributed by atoms with Crippen molar-refractivity contribution in [2.75, 3.05) is 10.6 Å². The van der Waals surface area contributed by atoms with Gasteiger partial charge in [0, 0.05) is 11.4 Å². The van der Waals surface area contributed by atoms with Gasteiger partial charge in [-0.2, -0.15) is 0 Å². The van der Waals surface area contributed by atoms with Crippen molar-refractivity contribution in [3.8, 4) is 5.75 Å². The van der Waals surface area contributed by atoms with Crippen LogP contribution < -0.4 is 10.6 Å². The molecule has 0 saturated carbocycles. The van der Waals surface area contributed by atoms with Crippen LogP contribution in [0.2, 0.25) is 0 Å². The highest BCUT2D eigenvalue weighted by molar-refractivity contribution is 5.99. The van der Waals surface area contributed by atoms with Gasteiger partial charge in [0.15, 0.2) is 0 Å². The molecule has 0 saturated heterocycles. The summed E-state index contributed by atoms with van der Waals surface area (Å²) in [6.45, 7) is 3.81. The van der Waals surface area contributed by atoms with Crippen molar-refractivity contribution < 1.29 is 9.90 Å². The molecule has 2 aromatic rings. The Morgan fingerprint density at radius 3 is 2.42 bits per heavy atom. The van der Waals surface area contributed by atoms with Crippen molar-refractivity contribution in [3.63, 3.8) is 0 Å². The topological polar surface area (TPSA) is 74.2 Å². The Balaban J connectivity index is 2.03. The summed E-state index contributed by atoms with van der Waals surface area (Å²) in [5, 5.41) is 14.5. The Morgan fingerprint density at radius 2 is 1.79 bits per heavy atom. The molecule has 2 rings (SSSR count). The number of nitrogens with one attached hydrogen (secondary N) is 2. The SMILES string of the molecule is Cc1cc(C)nc(NC(=O)Nc2ccc(O)cc2)c1. The van der Waals surface area contributed by atoms with Crippen LogP contribution in [-0.4, -0.2) is 16.1 Å². The highest BCUT2D eigenvalue weighted by Gasteiger charge is 2.04. The zero-order valence-corrected chi connectivity index (χ0v) is 10.8. The largest absolute Gasteiger partial charge is 0.508 e. The van der Waals surface area contributed by atoms with E-state index in [4.69, 9.17) is 5.11 Å². The van der Waals surface area contributed by atoms with Gasteiger partial charge in [0.05, 0.1) is 0 Å². The molecule has 5 heteroatoms. The van der Waals surface area contributed by atoms with Crippen molar-refractivity contribution >= 4 is 17.5 Å². The summed E-state index contributed by atoms with van der Waals surface area (Å²) < 4.78 is 0. The number of anilines is 2. The Labute approximate surface area is 111 Å². The van der Waals surface area contributed by atoms with Crippen molar-refractivity contribution in [1.82, 2.24) is 4.98 Å². The maximum Gasteiger partial charge on any atom is 0.324 e. The van der Waals surface area contributed by atoms with E-state index in [1.807, 2.05) is 19.9 Å². The molecule has 0 bridgehead atoms. The van der Waals surface area contributed by atoms with Gasteiger partial charge in [-0.25, -0.2) is 9.78 Å². The molecule has 2 amide bonds. The number of nitrogens with zero attached hydrogens (tertiary/aromatic N) is 1. The van der Waals surface area contributed by atoms with E-state index < -0.39 is 0 Å². The fourth-order valence-electron chi connectivity index (χ4n) is 1.73. The fourth-order valence-corrected chi connectivity index (χ4v) is 1.73. The van der Waals surface area contributed by atoms with Gasteiger partial charge in [-0.3, -0.25) is 5.32 Å². The van der Waals surface area contributed by atoms with E-state index in [9.17, 15) is 4.79 Å². The van der Waals surface area contributed by atoms with Gasteiger partial charge in [0.25, 0.3) is 0 Å². The Hall–Kier alpha value is -2.56. The number of hydrogen-bond acceptors (Lipinski definition) is 3. The highest BCUT2D eigenvalue weighted by atomic mass is 16.3. The van der Waals surface area contributed by atoms with E-state index in [1.54, 1.807) is 18.2 Å². The summed E-state index contributed by atoms with van der Waals surface area (Å²) >= 11 is 0. The monoisotopic (exact) mass is 257 g/mol. The molecule has 0 aliphatic carbocycles. The molecule has 0 unspecified atom stereocenters. The third-order valence-corrected chi connectivity index (χ3v) is 2.46. The van der Waals surface area contributed by atoms with E-state index in [-0.39, 0.29) is 11.8 Å². The van der Waals surface area contributed by atoms with Gasteiger partial charge < -0.3 is 10.4 Å². The number of aromatic nitrogens is 1. The minimum atomic E-state index is -0.372. The van der Waals surface area contributed by atoms with Crippen LogP contribution in [0.15, 0.2) is 36.4 Å². The van der Waals surface area contributed by atoms with Crippen LogP contribution in [0, 0.1) is 13.8 Å². The molecule has 5 nitrogen and oxygen atoms in total. The smallest absolute Gasteiger partial charge is 0.324 e. The lowest BCUT2D eigenvalue weighted by atomic mass is 10.2. The molecule has 1 aromatic heterocycles. The zero-order valence-electron chi connectivity index (χ0n) is 10.8. The summed E-state index contributed by atoms with van der Waals surface area (Å²) in [7, 11) is 0. The van der Waals surface area contributed by atoms with E-state index in [0.717, 1.165) is 11.3 Å². The molecule has 98 valence electrons. The number of hydrogen-bond donors (Lipinski definition) is 3. The number of urea groups is 1. The summed E-state index contributed by atoms with van der Waals surface area (Å²) in [6.07, 6.45) is 0. The summed E-state index contributed by atoms with van der Waals surface area (Å²) in [6, 6.07) is 9.60. The maximum absolute atomic E-state index is 11.8. The maximum atomic E-state index is 11.8. The minimum absolute atomic E-state index is 0.155. The van der Waals surface area contributed by atoms with Gasteiger partial charge in [-0.15, -0.1) is 0 Å². The minimum Gasteiger partial charge on any atom is -0.508 e. The molecule has 3 N–H and O–H groups in total. The van der Waals surface area contributed by atoms with Crippen LogP contribution in [0.5, 0.6) is 5.75 Å². The van der Waals surface area contributed by atoms with Crippen LogP contribution in [0.4, 0.5) is 16.3 Å². The average molecular weight is 257 g/mol. The first-order chi connectivity index (χ1) is 9.02. The second kappa shape index (κ2) is 5.39. The van der Waals surface area contributed by atoms with Crippen molar-refractivity contribution in [2.45, 2.75) is 13.8 Å². The van der Waals surface area contributed by atoms with E-state index in [2.05, 4.69) is 15.6 Å². The Kier molecular flexibility index (Phi) is 3.66. The van der Waals surface area contributed by atoms with Gasteiger partial charge in [0.1, 0.15) is 11.6 Å². The van der Waals surface area contributed by atoms with Crippen molar-refractivity contribution in [1.29, 1.82) is 0 Å². The molecule has 1 aromatic carbocycles. The number of aromatic hydroxyl groups is 1. The molecule has 0 atom stereocenters. The first kappa shape index (κ1) is 12.9. The lowest BCUT2D eigenvalue weighted by Gasteiger charge is -2.08. The quantitative estimate of drug-likeness (QED) is 0.724. The molecular weight excluding hydrogens is 242 g/mol. The van der Waals surface area contributed by atoms with Gasteiger partial charge >= 0.3 is 6.03 Å². The Bertz CT molecular complexity index is 574. The second-order valence-corrected chi connectivity index (χ2v) is 4.30. The lowest BCUT2D eigenvalue weighted by molar-refractivity contribution is 0.262. The van der Waals surface area contributed by atoms with Gasteiger partial charge in [-0.05, 0) is 55.8 Å². The summed E-state index contributed by atoms with van der Waals surface area (Å²) in [5.41, 5.74) is 2.48. The first-order valence-corrected chi connectivity index (χ1v) is 5.85. The molecule has 0 aliphatic heterocycles. The fraction of sp³-hybridized carbons (Fsp3) is 0.143. The number of rotatable bonds is 2. The zero-order chi connectivity index (χ0) is 13.8. The molecule has 0 aliphatic rings. The van der Waals surface area contributed by atoms with Crippen molar-refractivity contribution in [3.05, 3.63) is 47.7 Å². The van der Waals surface area contributed by atoms with Crippen LogP contribution in [0.3, 0.4) is 0 Å². The third-order valence-electron chi connectivity index (χ3n) is 2.46. The number of pyridine rings is 1. The molecule has 0 radical (unpaired) electrons. The second-order valence-electron chi connectivity index (χ2n) is 4.30. The number of phenols is 1. The Morgan fingerprint density at radius 1 is 1.11 bits per heavy atom. The number of amides is 2. The molecule has 0 spiro atoms. The molecule has 19 heavy (non-hydrogen) atoms. The predicted octanol–water partition coefficient (Wildman–Crippen LogP) is 3.05. The van der Waals surface area contributed by atoms with Crippen LogP contribution in [0.25, 0.3) is 0 Å². The van der Waals surface area contributed by atoms with Crippen LogP contribution in [0.1, 0.15) is 11.3 Å². The number of aryl methyl sites for hydroxylation is 2. The molecule has 1 heterocycles. The van der Waals surface area contributed by atoms with E-state index in [1.165, 1.54) is 12.1 Å².